The summed E-state index contributed by atoms with van der Waals surface area (Å²) < 4.78 is 13.1. The lowest BCUT2D eigenvalue weighted by Crippen LogP contribution is -2.40. The van der Waals surface area contributed by atoms with Crippen LogP contribution in [0, 0.1) is 11.7 Å². The van der Waals surface area contributed by atoms with E-state index < -0.39 is 0 Å². The van der Waals surface area contributed by atoms with Crippen LogP contribution < -0.4 is 0 Å². The van der Waals surface area contributed by atoms with Crippen LogP contribution in [0.15, 0.2) is 55.1 Å². The van der Waals surface area contributed by atoms with Gasteiger partial charge in [-0.25, -0.2) is 4.39 Å². The van der Waals surface area contributed by atoms with Crippen molar-refractivity contribution in [3.63, 3.8) is 0 Å². The van der Waals surface area contributed by atoms with Crippen LogP contribution in [0.1, 0.15) is 29.5 Å². The molecule has 2 aromatic carbocycles. The molecule has 0 aliphatic carbocycles. The lowest BCUT2D eigenvalue weighted by atomic mass is 9.93. The third-order valence-corrected chi connectivity index (χ3v) is 6.10. The minimum atomic E-state index is -0.187. The summed E-state index contributed by atoms with van der Waals surface area (Å²) in [6.07, 6.45) is 3.70. The van der Waals surface area contributed by atoms with Crippen LogP contribution in [0.5, 0.6) is 0 Å². The van der Waals surface area contributed by atoms with Crippen LogP contribution in [0.3, 0.4) is 0 Å². The van der Waals surface area contributed by atoms with E-state index in [1.165, 1.54) is 55.6 Å². The maximum atomic E-state index is 13.1. The van der Waals surface area contributed by atoms with E-state index >= 15 is 0 Å². The van der Waals surface area contributed by atoms with E-state index in [4.69, 9.17) is 0 Å². The standard InChI is InChI=1S/C24H29FN2/c1-19(21-6-8-24(25)9-7-21)16-26-13-10-20(11-14-26)17-27-15-12-22-4-2-3-5-23(22)18-27/h2-9,20H,1,10-18H2. The molecular weight excluding hydrogens is 335 g/mol. The first-order chi connectivity index (χ1) is 13.2. The first kappa shape index (κ1) is 18.4. The Hall–Kier alpha value is -1.97. The average molecular weight is 365 g/mol. The average Bonchev–Trinajstić information content (AvgIpc) is 2.70. The van der Waals surface area contributed by atoms with Crippen molar-refractivity contribution in [2.24, 2.45) is 5.92 Å². The van der Waals surface area contributed by atoms with Gasteiger partial charge in [0.1, 0.15) is 5.82 Å². The molecule has 1 fully saturated rings. The van der Waals surface area contributed by atoms with E-state index in [1.807, 2.05) is 12.1 Å². The van der Waals surface area contributed by atoms with Gasteiger partial charge in [-0.05, 0) is 72.7 Å². The molecule has 0 aromatic heterocycles. The molecule has 2 aliphatic heterocycles. The summed E-state index contributed by atoms with van der Waals surface area (Å²) in [4.78, 5) is 5.13. The molecule has 0 radical (unpaired) electrons. The summed E-state index contributed by atoms with van der Waals surface area (Å²) in [7, 11) is 0. The van der Waals surface area contributed by atoms with Crippen LogP contribution in [-0.4, -0.2) is 42.5 Å². The Morgan fingerprint density at radius 3 is 2.37 bits per heavy atom. The van der Waals surface area contributed by atoms with E-state index in [9.17, 15) is 4.39 Å². The predicted molar refractivity (Wildman–Crippen MR) is 110 cm³/mol. The highest BCUT2D eigenvalue weighted by Gasteiger charge is 2.23. The summed E-state index contributed by atoms with van der Waals surface area (Å²) in [6, 6.07) is 15.6. The number of hydrogen-bond donors (Lipinski definition) is 0. The predicted octanol–water partition coefficient (Wildman–Crippen LogP) is 4.61. The van der Waals surface area contributed by atoms with Gasteiger partial charge in [-0.15, -0.1) is 0 Å². The molecule has 0 saturated carbocycles. The lowest BCUT2D eigenvalue weighted by molar-refractivity contribution is 0.145. The zero-order valence-corrected chi connectivity index (χ0v) is 16.0. The van der Waals surface area contributed by atoms with Crippen molar-refractivity contribution in [1.29, 1.82) is 0 Å². The summed E-state index contributed by atoms with van der Waals surface area (Å²) >= 11 is 0. The van der Waals surface area contributed by atoms with E-state index in [2.05, 4.69) is 40.6 Å². The Labute approximate surface area is 162 Å². The molecule has 2 aliphatic rings. The molecule has 1 saturated heterocycles. The third-order valence-electron chi connectivity index (χ3n) is 6.10. The van der Waals surface area contributed by atoms with Crippen LogP contribution in [0.25, 0.3) is 5.57 Å². The highest BCUT2D eigenvalue weighted by Crippen LogP contribution is 2.24. The van der Waals surface area contributed by atoms with Crippen LogP contribution in [0.2, 0.25) is 0 Å². The minimum absolute atomic E-state index is 0.187. The van der Waals surface area contributed by atoms with Crippen molar-refractivity contribution >= 4 is 5.57 Å². The molecule has 0 unspecified atom stereocenters. The second-order valence-corrected chi connectivity index (χ2v) is 8.08. The molecule has 0 N–H and O–H groups in total. The maximum Gasteiger partial charge on any atom is 0.123 e. The van der Waals surface area contributed by atoms with Gasteiger partial charge in [0.25, 0.3) is 0 Å². The number of rotatable bonds is 5. The second-order valence-electron chi connectivity index (χ2n) is 8.08. The number of benzene rings is 2. The van der Waals surface area contributed by atoms with Crippen molar-refractivity contribution in [3.05, 3.63) is 77.6 Å². The first-order valence-electron chi connectivity index (χ1n) is 10.1. The van der Waals surface area contributed by atoms with Crippen molar-refractivity contribution < 1.29 is 4.39 Å². The molecule has 2 heterocycles. The minimum Gasteiger partial charge on any atom is -0.299 e. The summed E-state index contributed by atoms with van der Waals surface area (Å²) in [6.45, 7) is 10.9. The fourth-order valence-electron chi connectivity index (χ4n) is 4.45. The summed E-state index contributed by atoms with van der Waals surface area (Å²) in [5.41, 5.74) is 5.17. The molecule has 0 spiro atoms. The third kappa shape index (κ3) is 4.66. The molecule has 0 amide bonds. The summed E-state index contributed by atoms with van der Waals surface area (Å²) in [5.74, 6) is 0.610. The fourth-order valence-corrected chi connectivity index (χ4v) is 4.45. The van der Waals surface area contributed by atoms with Gasteiger partial charge >= 0.3 is 0 Å². The number of nitrogens with zero attached hydrogens (tertiary/aromatic N) is 2. The molecule has 3 heteroatoms. The van der Waals surface area contributed by atoms with Gasteiger partial charge < -0.3 is 0 Å². The number of halogens is 1. The molecule has 2 aromatic rings. The Bertz CT molecular complexity index is 775. The maximum absolute atomic E-state index is 13.1. The van der Waals surface area contributed by atoms with E-state index in [-0.39, 0.29) is 5.82 Å². The van der Waals surface area contributed by atoms with Gasteiger partial charge in [0.2, 0.25) is 0 Å². The summed E-state index contributed by atoms with van der Waals surface area (Å²) in [5, 5.41) is 0. The molecule has 0 atom stereocenters. The molecule has 4 rings (SSSR count). The van der Waals surface area contributed by atoms with Gasteiger partial charge in [0, 0.05) is 26.2 Å². The van der Waals surface area contributed by atoms with Gasteiger partial charge in [-0.3, -0.25) is 9.80 Å². The van der Waals surface area contributed by atoms with Gasteiger partial charge in [-0.1, -0.05) is 43.0 Å². The number of hydrogen-bond acceptors (Lipinski definition) is 2. The zero-order chi connectivity index (χ0) is 18.6. The Morgan fingerprint density at radius 2 is 1.63 bits per heavy atom. The zero-order valence-electron chi connectivity index (χ0n) is 16.0. The van der Waals surface area contributed by atoms with Crippen molar-refractivity contribution in [2.75, 3.05) is 32.7 Å². The van der Waals surface area contributed by atoms with E-state index in [0.29, 0.717) is 0 Å². The topological polar surface area (TPSA) is 6.48 Å². The number of piperidine rings is 1. The van der Waals surface area contributed by atoms with Crippen LogP contribution in [0.4, 0.5) is 4.39 Å². The highest BCUT2D eigenvalue weighted by molar-refractivity contribution is 5.64. The fraction of sp³-hybridized carbons (Fsp3) is 0.417. The quantitative estimate of drug-likeness (QED) is 0.764. The normalized spacial score (nSPS) is 19.0. The first-order valence-corrected chi connectivity index (χ1v) is 10.1. The Balaban J connectivity index is 1.23. The van der Waals surface area contributed by atoms with E-state index in [1.54, 1.807) is 0 Å². The van der Waals surface area contributed by atoms with Crippen molar-refractivity contribution in [2.45, 2.75) is 25.8 Å². The SMILES string of the molecule is C=C(CN1CCC(CN2CCc3ccccc3C2)CC1)c1ccc(F)cc1. The van der Waals surface area contributed by atoms with Gasteiger partial charge in [-0.2, -0.15) is 0 Å². The molecule has 0 bridgehead atoms. The van der Waals surface area contributed by atoms with Crippen molar-refractivity contribution in [3.8, 4) is 0 Å². The molecule has 142 valence electrons. The number of fused-ring (bicyclic) bond motifs is 1. The second kappa shape index (κ2) is 8.37. The monoisotopic (exact) mass is 364 g/mol. The van der Waals surface area contributed by atoms with Gasteiger partial charge in [0.15, 0.2) is 0 Å². The van der Waals surface area contributed by atoms with E-state index in [0.717, 1.165) is 43.2 Å². The van der Waals surface area contributed by atoms with Crippen LogP contribution in [-0.2, 0) is 13.0 Å². The largest absolute Gasteiger partial charge is 0.299 e. The smallest absolute Gasteiger partial charge is 0.123 e. The van der Waals surface area contributed by atoms with Crippen LogP contribution >= 0.6 is 0 Å². The van der Waals surface area contributed by atoms with Crippen molar-refractivity contribution in [1.82, 2.24) is 9.80 Å². The Kier molecular flexibility index (Phi) is 5.70. The number of likely N-dealkylation sites (tertiary alicyclic amines) is 1. The molecule has 27 heavy (non-hydrogen) atoms. The van der Waals surface area contributed by atoms with Gasteiger partial charge in [0.05, 0.1) is 0 Å². The lowest BCUT2D eigenvalue weighted by Gasteiger charge is -2.36. The highest BCUT2D eigenvalue weighted by atomic mass is 19.1. The molecule has 2 nitrogen and oxygen atoms in total. The molecular formula is C24H29FN2. The Morgan fingerprint density at radius 1 is 0.926 bits per heavy atom.